The Hall–Kier alpha value is -3.79. The standard InChI is InChI=1S/C22H20F3N3O4/c1-30-13-15-8-9-19(20(26)28-15)21(29)27-12-14-4-2-5-16(10-14)31-17-6-3-7-18(11-17)32-22(23,24)25/h2-11H,12-13H2,1H3,(H2,26,28)(H,27,29). The lowest BCUT2D eigenvalue weighted by molar-refractivity contribution is -0.274. The van der Waals surface area contributed by atoms with Gasteiger partial charge in [0.25, 0.3) is 5.91 Å². The third kappa shape index (κ3) is 6.61. The first-order chi connectivity index (χ1) is 15.2. The molecule has 7 nitrogen and oxygen atoms in total. The molecule has 0 fully saturated rings. The van der Waals surface area contributed by atoms with Crippen molar-refractivity contribution in [1.29, 1.82) is 0 Å². The molecule has 2 aromatic carbocycles. The number of pyridine rings is 1. The Balaban J connectivity index is 1.63. The molecule has 0 aliphatic rings. The average molecular weight is 447 g/mol. The van der Waals surface area contributed by atoms with Crippen molar-refractivity contribution in [1.82, 2.24) is 10.3 Å². The summed E-state index contributed by atoms with van der Waals surface area (Å²) in [6, 6.07) is 15.2. The van der Waals surface area contributed by atoms with Gasteiger partial charge >= 0.3 is 6.36 Å². The summed E-state index contributed by atoms with van der Waals surface area (Å²) < 4.78 is 51.7. The first-order valence-electron chi connectivity index (χ1n) is 9.38. The van der Waals surface area contributed by atoms with E-state index in [1.807, 2.05) is 0 Å². The van der Waals surface area contributed by atoms with E-state index in [9.17, 15) is 18.0 Å². The highest BCUT2D eigenvalue weighted by Crippen LogP contribution is 2.29. The summed E-state index contributed by atoms with van der Waals surface area (Å²) in [6.45, 7) is 0.455. The van der Waals surface area contributed by atoms with Crippen LogP contribution < -0.4 is 20.5 Å². The number of benzene rings is 2. The number of methoxy groups -OCH3 is 1. The second-order valence-corrected chi connectivity index (χ2v) is 6.62. The van der Waals surface area contributed by atoms with Gasteiger partial charge in [-0.15, -0.1) is 13.2 Å². The molecule has 0 unspecified atom stereocenters. The Morgan fingerprint density at radius 2 is 1.72 bits per heavy atom. The molecule has 1 amide bonds. The number of nitrogens with two attached hydrogens (primary N) is 1. The molecule has 3 rings (SSSR count). The summed E-state index contributed by atoms with van der Waals surface area (Å²) in [5, 5.41) is 2.74. The molecule has 1 aromatic heterocycles. The largest absolute Gasteiger partial charge is 0.573 e. The van der Waals surface area contributed by atoms with Crippen LogP contribution in [0.2, 0.25) is 0 Å². The molecule has 3 aromatic rings. The number of nitrogens with zero attached hydrogens (tertiary/aromatic N) is 1. The van der Waals surface area contributed by atoms with Gasteiger partial charge in [-0.3, -0.25) is 4.79 Å². The Morgan fingerprint density at radius 1 is 1.03 bits per heavy atom. The fourth-order valence-electron chi connectivity index (χ4n) is 2.80. The van der Waals surface area contributed by atoms with Crippen molar-refractivity contribution in [2.75, 3.05) is 12.8 Å². The number of nitrogens with one attached hydrogen (secondary N) is 1. The Bertz CT molecular complexity index is 1090. The smallest absolute Gasteiger partial charge is 0.457 e. The number of amides is 1. The average Bonchev–Trinajstić information content (AvgIpc) is 2.72. The lowest BCUT2D eigenvalue weighted by Crippen LogP contribution is -2.24. The van der Waals surface area contributed by atoms with Crippen molar-refractivity contribution < 1.29 is 32.2 Å². The summed E-state index contributed by atoms with van der Waals surface area (Å²) in [6.07, 6.45) is -4.79. The Kier molecular flexibility index (Phi) is 7.16. The molecule has 32 heavy (non-hydrogen) atoms. The lowest BCUT2D eigenvalue weighted by Gasteiger charge is -2.12. The maximum absolute atomic E-state index is 12.4. The zero-order valence-electron chi connectivity index (χ0n) is 17.0. The summed E-state index contributed by atoms with van der Waals surface area (Å²) in [7, 11) is 1.53. The number of rotatable bonds is 8. The van der Waals surface area contributed by atoms with Crippen molar-refractivity contribution in [3.63, 3.8) is 0 Å². The van der Waals surface area contributed by atoms with Gasteiger partial charge in [0, 0.05) is 19.7 Å². The molecule has 0 radical (unpaired) electrons. The number of hydrogen-bond acceptors (Lipinski definition) is 6. The van der Waals surface area contributed by atoms with E-state index in [4.69, 9.17) is 15.2 Å². The number of hydrogen-bond donors (Lipinski definition) is 2. The summed E-state index contributed by atoms with van der Waals surface area (Å²) in [5.41, 5.74) is 7.41. The van der Waals surface area contributed by atoms with Crippen molar-refractivity contribution in [2.24, 2.45) is 0 Å². The summed E-state index contributed by atoms with van der Waals surface area (Å²) >= 11 is 0. The number of ether oxygens (including phenoxy) is 3. The van der Waals surface area contributed by atoms with Gasteiger partial charge in [0.2, 0.25) is 0 Å². The second-order valence-electron chi connectivity index (χ2n) is 6.62. The van der Waals surface area contributed by atoms with Crippen LogP contribution in [-0.4, -0.2) is 24.4 Å². The van der Waals surface area contributed by atoms with Gasteiger partial charge in [0.15, 0.2) is 0 Å². The number of alkyl halides is 3. The topological polar surface area (TPSA) is 95.7 Å². The van der Waals surface area contributed by atoms with Crippen molar-refractivity contribution in [2.45, 2.75) is 19.5 Å². The van der Waals surface area contributed by atoms with Crippen LogP contribution in [0.5, 0.6) is 17.2 Å². The third-order valence-corrected chi connectivity index (χ3v) is 4.15. The minimum absolute atomic E-state index is 0.0927. The van der Waals surface area contributed by atoms with Gasteiger partial charge in [-0.2, -0.15) is 0 Å². The SMILES string of the molecule is COCc1ccc(C(=O)NCc2cccc(Oc3cccc(OC(F)(F)F)c3)c2)c(N)n1. The molecule has 0 aliphatic carbocycles. The number of nitrogen functional groups attached to an aromatic ring is 1. The van der Waals surface area contributed by atoms with Crippen molar-refractivity contribution in [3.8, 4) is 17.2 Å². The summed E-state index contributed by atoms with van der Waals surface area (Å²) in [5.74, 6) is -0.146. The van der Waals surface area contributed by atoms with E-state index in [-0.39, 0.29) is 36.0 Å². The maximum atomic E-state index is 12.4. The molecule has 0 saturated carbocycles. The minimum atomic E-state index is -4.79. The fourth-order valence-corrected chi connectivity index (χ4v) is 2.80. The van der Waals surface area contributed by atoms with Crippen LogP contribution in [0.4, 0.5) is 19.0 Å². The highest BCUT2D eigenvalue weighted by atomic mass is 19.4. The van der Waals surface area contributed by atoms with E-state index in [1.165, 1.54) is 25.3 Å². The Morgan fingerprint density at radius 3 is 2.41 bits per heavy atom. The highest BCUT2D eigenvalue weighted by Gasteiger charge is 2.31. The van der Waals surface area contributed by atoms with Gasteiger partial charge in [0.05, 0.1) is 17.9 Å². The zero-order chi connectivity index (χ0) is 23.1. The van der Waals surface area contributed by atoms with Crippen molar-refractivity contribution >= 4 is 11.7 Å². The van der Waals surface area contributed by atoms with Crippen molar-refractivity contribution in [3.05, 3.63) is 77.5 Å². The normalized spacial score (nSPS) is 11.1. The summed E-state index contributed by atoms with van der Waals surface area (Å²) in [4.78, 5) is 16.6. The molecule has 1 heterocycles. The number of carbonyl (C=O) groups excluding carboxylic acids is 1. The van der Waals surface area contributed by atoms with Crippen LogP contribution in [-0.2, 0) is 17.9 Å². The highest BCUT2D eigenvalue weighted by molar-refractivity contribution is 5.98. The van der Waals surface area contributed by atoms with Gasteiger partial charge in [-0.05, 0) is 42.0 Å². The molecule has 3 N–H and O–H groups in total. The second kappa shape index (κ2) is 10.0. The lowest BCUT2D eigenvalue weighted by atomic mass is 10.2. The molecule has 0 aliphatic heterocycles. The minimum Gasteiger partial charge on any atom is -0.457 e. The number of carbonyl (C=O) groups is 1. The van der Waals surface area contributed by atoms with Crippen LogP contribution in [0, 0.1) is 0 Å². The molecule has 0 spiro atoms. The van der Waals surface area contributed by atoms with Gasteiger partial charge in [-0.25, -0.2) is 4.98 Å². The quantitative estimate of drug-likeness (QED) is 0.530. The predicted octanol–water partition coefficient (Wildman–Crippen LogP) is 4.43. The van der Waals surface area contributed by atoms with E-state index < -0.39 is 12.3 Å². The molecular weight excluding hydrogens is 427 g/mol. The molecular formula is C22H20F3N3O4. The third-order valence-electron chi connectivity index (χ3n) is 4.15. The van der Waals surface area contributed by atoms with E-state index in [1.54, 1.807) is 36.4 Å². The van der Waals surface area contributed by atoms with Gasteiger partial charge in [-0.1, -0.05) is 18.2 Å². The van der Waals surface area contributed by atoms with Crippen LogP contribution in [0.15, 0.2) is 60.7 Å². The van der Waals surface area contributed by atoms with E-state index in [0.29, 0.717) is 17.0 Å². The zero-order valence-corrected chi connectivity index (χ0v) is 17.0. The first-order valence-corrected chi connectivity index (χ1v) is 9.38. The monoisotopic (exact) mass is 447 g/mol. The van der Waals surface area contributed by atoms with E-state index in [2.05, 4.69) is 15.0 Å². The predicted molar refractivity (Wildman–Crippen MR) is 110 cm³/mol. The first kappa shape index (κ1) is 22.9. The molecule has 10 heteroatoms. The Labute approximate surface area is 181 Å². The fraction of sp³-hybridized carbons (Fsp3) is 0.182. The number of anilines is 1. The van der Waals surface area contributed by atoms with E-state index in [0.717, 1.165) is 6.07 Å². The van der Waals surface area contributed by atoms with Crippen LogP contribution in [0.25, 0.3) is 0 Å². The van der Waals surface area contributed by atoms with E-state index >= 15 is 0 Å². The van der Waals surface area contributed by atoms with Gasteiger partial charge < -0.3 is 25.3 Å². The number of halogens is 3. The molecule has 0 bridgehead atoms. The van der Waals surface area contributed by atoms with Crippen LogP contribution >= 0.6 is 0 Å². The molecule has 168 valence electrons. The number of aromatic nitrogens is 1. The molecule has 0 saturated heterocycles. The van der Waals surface area contributed by atoms with Crippen LogP contribution in [0.1, 0.15) is 21.6 Å². The van der Waals surface area contributed by atoms with Gasteiger partial charge in [0.1, 0.15) is 23.1 Å². The maximum Gasteiger partial charge on any atom is 0.573 e. The van der Waals surface area contributed by atoms with Crippen LogP contribution in [0.3, 0.4) is 0 Å². The molecule has 0 atom stereocenters.